The van der Waals surface area contributed by atoms with Crippen LogP contribution in [0, 0.1) is 0 Å². The van der Waals surface area contributed by atoms with Gasteiger partial charge in [-0.05, 0) is 30.4 Å². The van der Waals surface area contributed by atoms with Crippen LogP contribution in [0.2, 0.25) is 0 Å². The average Bonchev–Trinajstić information content (AvgIpc) is 3.00. The summed E-state index contributed by atoms with van der Waals surface area (Å²) in [6.07, 6.45) is 2.10. The van der Waals surface area contributed by atoms with Gasteiger partial charge in [-0.1, -0.05) is 31.2 Å². The highest BCUT2D eigenvalue weighted by atomic mass is 16.2. The van der Waals surface area contributed by atoms with Crippen molar-refractivity contribution < 1.29 is 14.4 Å². The summed E-state index contributed by atoms with van der Waals surface area (Å²) in [7, 11) is 0. The molecular formula is C16H19N3O3. The van der Waals surface area contributed by atoms with Crippen LogP contribution in [0.4, 0.5) is 4.79 Å². The number of imide groups is 1. The van der Waals surface area contributed by atoms with E-state index in [0.29, 0.717) is 13.0 Å². The molecule has 1 aromatic carbocycles. The number of benzene rings is 1. The van der Waals surface area contributed by atoms with E-state index in [4.69, 9.17) is 0 Å². The molecule has 1 atom stereocenters. The number of carbonyl (C=O) groups is 3. The van der Waals surface area contributed by atoms with E-state index in [1.165, 1.54) is 0 Å². The summed E-state index contributed by atoms with van der Waals surface area (Å²) in [6, 6.07) is 7.14. The highest BCUT2D eigenvalue weighted by molar-refractivity contribution is 6.09. The van der Waals surface area contributed by atoms with Crippen molar-refractivity contribution >= 4 is 17.8 Å². The van der Waals surface area contributed by atoms with Crippen molar-refractivity contribution in [3.05, 3.63) is 35.4 Å². The van der Waals surface area contributed by atoms with E-state index in [1.807, 2.05) is 31.2 Å². The highest BCUT2D eigenvalue weighted by Gasteiger charge is 2.55. The first-order chi connectivity index (χ1) is 10.6. The molecule has 6 nitrogen and oxygen atoms in total. The van der Waals surface area contributed by atoms with E-state index in [1.54, 1.807) is 0 Å². The SMILES string of the molecule is CCCNC(=O)CN1C(=O)N[C@@]2(CCc3ccccc32)C1=O. The molecule has 0 radical (unpaired) electrons. The number of hydrogen-bond donors (Lipinski definition) is 2. The Morgan fingerprint density at radius 1 is 1.36 bits per heavy atom. The molecule has 0 saturated carbocycles. The Balaban J connectivity index is 1.82. The van der Waals surface area contributed by atoms with E-state index in [9.17, 15) is 14.4 Å². The monoisotopic (exact) mass is 301 g/mol. The summed E-state index contributed by atoms with van der Waals surface area (Å²) in [4.78, 5) is 37.8. The van der Waals surface area contributed by atoms with Gasteiger partial charge in [0.05, 0.1) is 0 Å². The van der Waals surface area contributed by atoms with Crippen LogP contribution < -0.4 is 10.6 Å². The lowest BCUT2D eigenvalue weighted by molar-refractivity contribution is -0.135. The molecule has 1 aromatic rings. The second kappa shape index (κ2) is 5.44. The van der Waals surface area contributed by atoms with E-state index in [-0.39, 0.29) is 18.4 Å². The molecule has 0 aromatic heterocycles. The number of aryl methyl sites for hydroxylation is 1. The molecule has 0 unspecified atom stereocenters. The first-order valence-corrected chi connectivity index (χ1v) is 7.57. The molecule has 6 heteroatoms. The Kier molecular flexibility index (Phi) is 3.60. The summed E-state index contributed by atoms with van der Waals surface area (Å²) in [5, 5.41) is 5.49. The normalized spacial score (nSPS) is 22.9. The number of urea groups is 1. The number of fused-ring (bicyclic) bond motifs is 2. The predicted octanol–water partition coefficient (Wildman–Crippen LogP) is 0.906. The number of nitrogens with zero attached hydrogens (tertiary/aromatic N) is 1. The first-order valence-electron chi connectivity index (χ1n) is 7.57. The van der Waals surface area contributed by atoms with Crippen molar-refractivity contribution in [1.29, 1.82) is 0 Å². The molecule has 1 heterocycles. The summed E-state index contributed by atoms with van der Waals surface area (Å²) in [6.45, 7) is 2.25. The van der Waals surface area contributed by atoms with Crippen molar-refractivity contribution in [2.24, 2.45) is 0 Å². The van der Waals surface area contributed by atoms with Gasteiger partial charge in [0.15, 0.2) is 0 Å². The zero-order chi connectivity index (χ0) is 15.7. The second-order valence-corrected chi connectivity index (χ2v) is 5.73. The smallest absolute Gasteiger partial charge is 0.325 e. The van der Waals surface area contributed by atoms with Gasteiger partial charge in [0.2, 0.25) is 5.91 Å². The van der Waals surface area contributed by atoms with Crippen molar-refractivity contribution in [1.82, 2.24) is 15.5 Å². The lowest BCUT2D eigenvalue weighted by Gasteiger charge is -2.22. The van der Waals surface area contributed by atoms with Gasteiger partial charge in [-0.2, -0.15) is 0 Å². The molecule has 1 fully saturated rings. The van der Waals surface area contributed by atoms with Crippen LogP contribution in [-0.4, -0.2) is 35.8 Å². The van der Waals surface area contributed by atoms with Crippen molar-refractivity contribution in [3.8, 4) is 0 Å². The van der Waals surface area contributed by atoms with Crippen molar-refractivity contribution in [3.63, 3.8) is 0 Å². The van der Waals surface area contributed by atoms with Crippen LogP contribution in [0.5, 0.6) is 0 Å². The maximum absolute atomic E-state index is 12.8. The summed E-state index contributed by atoms with van der Waals surface area (Å²) < 4.78 is 0. The number of hydrogen-bond acceptors (Lipinski definition) is 3. The minimum Gasteiger partial charge on any atom is -0.355 e. The fourth-order valence-corrected chi connectivity index (χ4v) is 3.20. The van der Waals surface area contributed by atoms with Gasteiger partial charge in [-0.15, -0.1) is 0 Å². The van der Waals surface area contributed by atoms with Crippen molar-refractivity contribution in [2.45, 2.75) is 31.7 Å². The lowest BCUT2D eigenvalue weighted by atomic mass is 9.92. The molecule has 0 bridgehead atoms. The Labute approximate surface area is 128 Å². The topological polar surface area (TPSA) is 78.5 Å². The number of amides is 4. The fourth-order valence-electron chi connectivity index (χ4n) is 3.20. The van der Waals surface area contributed by atoms with Crippen LogP contribution >= 0.6 is 0 Å². The third-order valence-corrected chi connectivity index (χ3v) is 4.30. The molecule has 1 spiro atoms. The molecule has 1 saturated heterocycles. The van der Waals surface area contributed by atoms with Gasteiger partial charge in [-0.3, -0.25) is 14.5 Å². The third kappa shape index (κ3) is 2.15. The minimum absolute atomic E-state index is 0.228. The molecule has 3 rings (SSSR count). The number of carbonyl (C=O) groups excluding carboxylic acids is 3. The molecule has 2 N–H and O–H groups in total. The standard InChI is InChI=1S/C16H19N3O3/c1-2-9-17-13(20)10-19-14(21)16(18-15(19)22)8-7-11-5-3-4-6-12(11)16/h3-6H,2,7-10H2,1H3,(H,17,20)(H,18,22)/t16-/m1/s1. The Morgan fingerprint density at radius 2 is 2.14 bits per heavy atom. The Hall–Kier alpha value is -2.37. The van der Waals surface area contributed by atoms with Crippen LogP contribution in [-0.2, 0) is 21.5 Å². The van der Waals surface area contributed by atoms with Crippen LogP contribution in [0.25, 0.3) is 0 Å². The van der Waals surface area contributed by atoms with Gasteiger partial charge in [0, 0.05) is 6.54 Å². The quantitative estimate of drug-likeness (QED) is 0.811. The second-order valence-electron chi connectivity index (χ2n) is 5.73. The molecular weight excluding hydrogens is 282 g/mol. The number of nitrogens with one attached hydrogen (secondary N) is 2. The zero-order valence-electron chi connectivity index (χ0n) is 12.5. The molecule has 4 amide bonds. The molecule has 116 valence electrons. The van der Waals surface area contributed by atoms with Crippen LogP contribution in [0.15, 0.2) is 24.3 Å². The maximum Gasteiger partial charge on any atom is 0.325 e. The van der Waals surface area contributed by atoms with Gasteiger partial charge in [0.1, 0.15) is 12.1 Å². The van der Waals surface area contributed by atoms with E-state index in [0.717, 1.165) is 28.9 Å². The van der Waals surface area contributed by atoms with E-state index < -0.39 is 11.6 Å². The lowest BCUT2D eigenvalue weighted by Crippen LogP contribution is -2.43. The zero-order valence-corrected chi connectivity index (χ0v) is 12.5. The van der Waals surface area contributed by atoms with Gasteiger partial charge in [0.25, 0.3) is 5.91 Å². The highest BCUT2D eigenvalue weighted by Crippen LogP contribution is 2.41. The Bertz CT molecular complexity index is 643. The Morgan fingerprint density at radius 3 is 2.91 bits per heavy atom. The van der Waals surface area contributed by atoms with Crippen LogP contribution in [0.3, 0.4) is 0 Å². The summed E-state index contributed by atoms with van der Waals surface area (Å²) in [5.41, 5.74) is 0.942. The molecule has 1 aliphatic carbocycles. The van der Waals surface area contributed by atoms with E-state index >= 15 is 0 Å². The minimum atomic E-state index is -0.987. The first kappa shape index (κ1) is 14.6. The third-order valence-electron chi connectivity index (χ3n) is 4.30. The molecule has 1 aliphatic heterocycles. The summed E-state index contributed by atoms with van der Waals surface area (Å²) >= 11 is 0. The largest absolute Gasteiger partial charge is 0.355 e. The van der Waals surface area contributed by atoms with Gasteiger partial charge < -0.3 is 10.6 Å². The van der Waals surface area contributed by atoms with Crippen LogP contribution in [0.1, 0.15) is 30.9 Å². The molecule has 22 heavy (non-hydrogen) atoms. The maximum atomic E-state index is 12.8. The molecule has 2 aliphatic rings. The van der Waals surface area contributed by atoms with Crippen molar-refractivity contribution in [2.75, 3.05) is 13.1 Å². The van der Waals surface area contributed by atoms with Gasteiger partial charge in [-0.25, -0.2) is 4.79 Å². The fraction of sp³-hybridized carbons (Fsp3) is 0.438. The summed E-state index contributed by atoms with van der Waals surface area (Å²) in [5.74, 6) is -0.636. The van der Waals surface area contributed by atoms with Gasteiger partial charge >= 0.3 is 6.03 Å². The number of rotatable bonds is 4. The predicted molar refractivity (Wildman–Crippen MR) is 80.0 cm³/mol. The average molecular weight is 301 g/mol. The van der Waals surface area contributed by atoms with E-state index in [2.05, 4.69) is 10.6 Å².